The van der Waals surface area contributed by atoms with Crippen LogP contribution in [0.5, 0.6) is 5.75 Å². The molecule has 0 fully saturated rings. The Kier molecular flexibility index (Phi) is 5.25. The summed E-state index contributed by atoms with van der Waals surface area (Å²) in [4.78, 5) is 12.3. The minimum Gasteiger partial charge on any atom is -0.495 e. The fraction of sp³-hybridized carbons (Fsp3) is 0.0556. The zero-order valence-corrected chi connectivity index (χ0v) is 14.9. The number of nitrogens with one attached hydrogen (secondary N) is 2. The molecule has 0 bridgehead atoms. The molecule has 126 valence electrons. The number of hydrogen-bond acceptors (Lipinski definition) is 5. The second kappa shape index (κ2) is 7.76. The molecule has 2 N–H and O–H groups in total. The van der Waals surface area contributed by atoms with Gasteiger partial charge in [-0.1, -0.05) is 24.3 Å². The number of hydrogen-bond donors (Lipinski definition) is 2. The molecule has 0 aliphatic carbocycles. The molecule has 3 rings (SSSR count). The predicted molar refractivity (Wildman–Crippen MR) is 100 cm³/mol. The summed E-state index contributed by atoms with van der Waals surface area (Å²) in [5, 5.41) is 13.9. The van der Waals surface area contributed by atoms with Crippen LogP contribution in [-0.4, -0.2) is 23.2 Å². The number of amides is 1. The van der Waals surface area contributed by atoms with Gasteiger partial charge in [0.1, 0.15) is 5.75 Å². The molecule has 3 aromatic rings. The van der Waals surface area contributed by atoms with E-state index in [1.807, 2.05) is 36.4 Å². The van der Waals surface area contributed by atoms with Crippen LogP contribution in [0.25, 0.3) is 0 Å². The van der Waals surface area contributed by atoms with Crippen molar-refractivity contribution < 1.29 is 9.53 Å². The van der Waals surface area contributed by atoms with Gasteiger partial charge < -0.3 is 15.4 Å². The van der Waals surface area contributed by atoms with E-state index in [1.165, 1.54) is 0 Å². The van der Waals surface area contributed by atoms with Crippen LogP contribution < -0.4 is 15.4 Å². The summed E-state index contributed by atoms with van der Waals surface area (Å²) in [6.45, 7) is 0. The van der Waals surface area contributed by atoms with Gasteiger partial charge in [-0.05, 0) is 52.3 Å². The number of ether oxygens (including phenoxy) is 1. The summed E-state index contributed by atoms with van der Waals surface area (Å²) in [5.41, 5.74) is 1.65. The Balaban J connectivity index is 1.71. The van der Waals surface area contributed by atoms with Gasteiger partial charge in [-0.25, -0.2) is 0 Å². The Morgan fingerprint density at radius 2 is 1.68 bits per heavy atom. The minimum atomic E-state index is -0.357. The molecule has 0 spiro atoms. The Morgan fingerprint density at radius 3 is 2.36 bits per heavy atom. The normalized spacial score (nSPS) is 10.2. The highest BCUT2D eigenvalue weighted by Crippen LogP contribution is 2.25. The number of carbonyl (C=O) groups is 1. The topological polar surface area (TPSA) is 76.1 Å². The zero-order valence-electron chi connectivity index (χ0n) is 13.4. The van der Waals surface area contributed by atoms with Crippen molar-refractivity contribution in [2.75, 3.05) is 17.7 Å². The Labute approximate surface area is 153 Å². The van der Waals surface area contributed by atoms with Crippen LogP contribution in [-0.2, 0) is 0 Å². The van der Waals surface area contributed by atoms with Gasteiger partial charge in [0.05, 0.1) is 18.5 Å². The summed E-state index contributed by atoms with van der Waals surface area (Å²) in [6.07, 6.45) is 0. The number of para-hydroxylation sites is 3. The van der Waals surface area contributed by atoms with E-state index in [9.17, 15) is 4.79 Å². The fourth-order valence-electron chi connectivity index (χ4n) is 2.15. The first-order valence-corrected chi connectivity index (χ1v) is 8.26. The molecular weight excluding hydrogens is 384 g/mol. The van der Waals surface area contributed by atoms with Gasteiger partial charge in [-0.2, -0.15) is 0 Å². The van der Waals surface area contributed by atoms with Gasteiger partial charge in [0, 0.05) is 4.47 Å². The molecule has 1 aromatic heterocycles. The molecule has 0 atom stereocenters. The standard InChI is InChI=1S/C18H15BrN4O2/c1-25-16-9-5-4-8-14(16)21-18(24)15-10-11-17(23-22-15)20-13-7-3-2-6-12(13)19/h2-11H,1H3,(H,20,23)(H,21,24). The van der Waals surface area contributed by atoms with Gasteiger partial charge in [0.15, 0.2) is 11.5 Å². The summed E-state index contributed by atoms with van der Waals surface area (Å²) >= 11 is 3.46. The van der Waals surface area contributed by atoms with E-state index in [1.54, 1.807) is 31.4 Å². The summed E-state index contributed by atoms with van der Waals surface area (Å²) in [7, 11) is 1.55. The number of anilines is 3. The largest absolute Gasteiger partial charge is 0.495 e. The maximum Gasteiger partial charge on any atom is 0.276 e. The maximum absolute atomic E-state index is 12.3. The maximum atomic E-state index is 12.3. The van der Waals surface area contributed by atoms with E-state index in [4.69, 9.17) is 4.74 Å². The van der Waals surface area contributed by atoms with Crippen molar-refractivity contribution >= 4 is 39.0 Å². The Morgan fingerprint density at radius 1 is 0.960 bits per heavy atom. The second-order valence-electron chi connectivity index (χ2n) is 5.06. The molecule has 0 saturated carbocycles. The molecule has 1 amide bonds. The van der Waals surface area contributed by atoms with E-state index in [-0.39, 0.29) is 11.6 Å². The average molecular weight is 399 g/mol. The summed E-state index contributed by atoms with van der Waals surface area (Å²) < 4.78 is 6.13. The van der Waals surface area contributed by atoms with Crippen LogP contribution >= 0.6 is 15.9 Å². The molecule has 7 heteroatoms. The predicted octanol–water partition coefficient (Wildman–Crippen LogP) is 4.24. The van der Waals surface area contributed by atoms with Crippen molar-refractivity contribution in [3.8, 4) is 5.75 Å². The van der Waals surface area contributed by atoms with Crippen LogP contribution in [0.1, 0.15) is 10.5 Å². The Bertz CT molecular complexity index is 884. The molecule has 1 heterocycles. The molecule has 0 aliphatic heterocycles. The minimum absolute atomic E-state index is 0.212. The number of nitrogens with zero attached hydrogens (tertiary/aromatic N) is 2. The molecule has 25 heavy (non-hydrogen) atoms. The van der Waals surface area contributed by atoms with Crippen molar-refractivity contribution in [1.82, 2.24) is 10.2 Å². The molecule has 0 radical (unpaired) electrons. The SMILES string of the molecule is COc1ccccc1NC(=O)c1ccc(Nc2ccccc2Br)nn1. The lowest BCUT2D eigenvalue weighted by Gasteiger charge is -2.10. The van der Waals surface area contributed by atoms with Gasteiger partial charge in [-0.3, -0.25) is 4.79 Å². The van der Waals surface area contributed by atoms with Gasteiger partial charge in [0.25, 0.3) is 5.91 Å². The summed E-state index contributed by atoms with van der Waals surface area (Å²) in [6, 6.07) is 18.1. The summed E-state index contributed by atoms with van der Waals surface area (Å²) in [5.74, 6) is 0.765. The molecule has 0 saturated heterocycles. The fourth-order valence-corrected chi connectivity index (χ4v) is 2.54. The third kappa shape index (κ3) is 4.13. The van der Waals surface area contributed by atoms with Crippen LogP contribution in [0.3, 0.4) is 0 Å². The zero-order chi connectivity index (χ0) is 17.6. The lowest BCUT2D eigenvalue weighted by Crippen LogP contribution is -2.15. The highest BCUT2D eigenvalue weighted by molar-refractivity contribution is 9.10. The van der Waals surface area contributed by atoms with Crippen molar-refractivity contribution in [3.05, 3.63) is 70.8 Å². The highest BCUT2D eigenvalue weighted by atomic mass is 79.9. The average Bonchev–Trinajstić information content (AvgIpc) is 2.64. The van der Waals surface area contributed by atoms with E-state index in [0.29, 0.717) is 17.3 Å². The van der Waals surface area contributed by atoms with Gasteiger partial charge >= 0.3 is 0 Å². The smallest absolute Gasteiger partial charge is 0.276 e. The van der Waals surface area contributed by atoms with Crippen LogP contribution in [0.4, 0.5) is 17.2 Å². The van der Waals surface area contributed by atoms with E-state index >= 15 is 0 Å². The van der Waals surface area contributed by atoms with E-state index in [2.05, 4.69) is 36.8 Å². The highest BCUT2D eigenvalue weighted by Gasteiger charge is 2.11. The molecule has 2 aromatic carbocycles. The lowest BCUT2D eigenvalue weighted by molar-refractivity contribution is 0.102. The number of halogens is 1. The first-order chi connectivity index (χ1) is 12.2. The van der Waals surface area contributed by atoms with Crippen LogP contribution in [0.2, 0.25) is 0 Å². The number of aromatic nitrogens is 2. The first-order valence-electron chi connectivity index (χ1n) is 7.47. The van der Waals surface area contributed by atoms with Crippen LogP contribution in [0, 0.1) is 0 Å². The molecule has 6 nitrogen and oxygen atoms in total. The number of rotatable bonds is 5. The third-order valence-corrected chi connectivity index (χ3v) is 4.08. The van der Waals surface area contributed by atoms with Crippen molar-refractivity contribution in [2.45, 2.75) is 0 Å². The van der Waals surface area contributed by atoms with Crippen molar-refractivity contribution in [3.63, 3.8) is 0 Å². The molecular formula is C18H15BrN4O2. The second-order valence-corrected chi connectivity index (χ2v) is 5.92. The first kappa shape index (κ1) is 16.9. The third-order valence-electron chi connectivity index (χ3n) is 3.39. The number of benzene rings is 2. The van der Waals surface area contributed by atoms with Crippen LogP contribution in [0.15, 0.2) is 65.1 Å². The van der Waals surface area contributed by atoms with E-state index < -0.39 is 0 Å². The quantitative estimate of drug-likeness (QED) is 0.671. The molecule has 0 unspecified atom stereocenters. The van der Waals surface area contributed by atoms with Gasteiger partial charge in [-0.15, -0.1) is 10.2 Å². The lowest BCUT2D eigenvalue weighted by atomic mass is 10.2. The Hall–Kier alpha value is -2.93. The monoisotopic (exact) mass is 398 g/mol. The number of methoxy groups -OCH3 is 1. The van der Waals surface area contributed by atoms with Crippen molar-refractivity contribution in [1.29, 1.82) is 0 Å². The van der Waals surface area contributed by atoms with Crippen molar-refractivity contribution in [2.24, 2.45) is 0 Å². The molecule has 0 aliphatic rings. The number of carbonyl (C=O) groups excluding carboxylic acids is 1. The van der Waals surface area contributed by atoms with Gasteiger partial charge in [0.2, 0.25) is 0 Å². The van der Waals surface area contributed by atoms with E-state index in [0.717, 1.165) is 10.2 Å².